The first-order valence-corrected chi connectivity index (χ1v) is 7.03. The Hall–Kier alpha value is -2.56. The number of amides is 1. The Bertz CT molecular complexity index is 658. The number of aliphatic carboxylic acids is 1. The Kier molecular flexibility index (Phi) is 4.65. The van der Waals surface area contributed by atoms with Crippen molar-refractivity contribution in [3.63, 3.8) is 0 Å². The minimum absolute atomic E-state index is 0.187. The maximum atomic E-state index is 12.0. The van der Waals surface area contributed by atoms with E-state index in [4.69, 9.17) is 9.52 Å². The van der Waals surface area contributed by atoms with Gasteiger partial charge in [0.2, 0.25) is 0 Å². The van der Waals surface area contributed by atoms with Gasteiger partial charge in [-0.1, -0.05) is 30.3 Å². The van der Waals surface area contributed by atoms with Gasteiger partial charge in [0.25, 0.3) is 5.91 Å². The third kappa shape index (κ3) is 3.97. The zero-order chi connectivity index (χ0) is 16.2. The lowest BCUT2D eigenvalue weighted by molar-refractivity contribution is -0.147. The summed E-state index contributed by atoms with van der Waals surface area (Å²) in [4.78, 5) is 23.1. The highest BCUT2D eigenvalue weighted by molar-refractivity contribution is 5.91. The van der Waals surface area contributed by atoms with Gasteiger partial charge >= 0.3 is 5.97 Å². The average Bonchev–Trinajstić information content (AvgIpc) is 2.93. The number of nitrogens with one attached hydrogen (secondary N) is 1. The summed E-state index contributed by atoms with van der Waals surface area (Å²) in [6.45, 7) is 3.65. The smallest absolute Gasteiger partial charge is 0.309 e. The van der Waals surface area contributed by atoms with E-state index < -0.39 is 11.4 Å². The van der Waals surface area contributed by atoms with E-state index in [1.165, 1.54) is 0 Å². The normalized spacial score (nSPS) is 11.2. The molecule has 0 spiro atoms. The Morgan fingerprint density at radius 3 is 2.45 bits per heavy atom. The lowest BCUT2D eigenvalue weighted by Gasteiger charge is -2.16. The number of carboxylic acid groups (broad SMARTS) is 1. The van der Waals surface area contributed by atoms with Crippen LogP contribution in [0, 0.1) is 5.41 Å². The molecule has 0 aliphatic carbocycles. The first-order chi connectivity index (χ1) is 10.4. The number of rotatable bonds is 6. The van der Waals surface area contributed by atoms with Crippen LogP contribution in [-0.2, 0) is 17.8 Å². The molecule has 0 saturated heterocycles. The fourth-order valence-electron chi connectivity index (χ4n) is 1.97. The van der Waals surface area contributed by atoms with Gasteiger partial charge < -0.3 is 14.8 Å². The molecule has 0 unspecified atom stereocenters. The molecule has 0 bridgehead atoms. The summed E-state index contributed by atoms with van der Waals surface area (Å²) in [5.74, 6) is -0.549. The van der Waals surface area contributed by atoms with E-state index in [2.05, 4.69) is 5.32 Å². The van der Waals surface area contributed by atoms with Crippen LogP contribution >= 0.6 is 0 Å². The maximum Gasteiger partial charge on any atom is 0.309 e. The van der Waals surface area contributed by atoms with Crippen molar-refractivity contribution in [3.05, 3.63) is 59.5 Å². The molecule has 0 radical (unpaired) electrons. The van der Waals surface area contributed by atoms with Crippen LogP contribution in [0.5, 0.6) is 0 Å². The van der Waals surface area contributed by atoms with E-state index in [0.29, 0.717) is 12.3 Å². The third-order valence-electron chi connectivity index (χ3n) is 3.38. The number of carbonyl (C=O) groups is 2. The molecular formula is C17H19NO4. The van der Waals surface area contributed by atoms with Crippen LogP contribution in [0.4, 0.5) is 0 Å². The summed E-state index contributed by atoms with van der Waals surface area (Å²) < 4.78 is 5.44. The quantitative estimate of drug-likeness (QED) is 0.860. The van der Waals surface area contributed by atoms with Gasteiger partial charge in [0.05, 0.1) is 5.41 Å². The molecule has 0 atom stereocenters. The highest BCUT2D eigenvalue weighted by Crippen LogP contribution is 2.23. The predicted octanol–water partition coefficient (Wildman–Crippen LogP) is 2.86. The maximum absolute atomic E-state index is 12.0. The summed E-state index contributed by atoms with van der Waals surface area (Å²) in [5, 5.41) is 11.9. The largest absolute Gasteiger partial charge is 0.481 e. The molecule has 2 aromatic rings. The summed E-state index contributed by atoms with van der Waals surface area (Å²) in [6.07, 6.45) is 0.230. The molecule has 1 heterocycles. The molecule has 1 aromatic carbocycles. The van der Waals surface area contributed by atoms with E-state index in [1.54, 1.807) is 26.0 Å². The van der Waals surface area contributed by atoms with Crippen molar-refractivity contribution in [1.82, 2.24) is 5.32 Å². The number of hydrogen-bond acceptors (Lipinski definition) is 3. The van der Waals surface area contributed by atoms with Crippen molar-refractivity contribution in [2.24, 2.45) is 5.41 Å². The SMILES string of the molecule is CC(C)(Cc1ccc(C(=O)NCc2ccccc2)o1)C(=O)O. The summed E-state index contributed by atoms with van der Waals surface area (Å²) >= 11 is 0. The molecule has 0 aliphatic heterocycles. The Morgan fingerprint density at radius 1 is 1.14 bits per heavy atom. The summed E-state index contributed by atoms with van der Waals surface area (Å²) in [6, 6.07) is 12.8. The lowest BCUT2D eigenvalue weighted by Crippen LogP contribution is -2.26. The van der Waals surface area contributed by atoms with E-state index in [-0.39, 0.29) is 18.1 Å². The molecule has 0 fully saturated rings. The Balaban J connectivity index is 1.96. The highest BCUT2D eigenvalue weighted by Gasteiger charge is 2.29. The second-order valence-corrected chi connectivity index (χ2v) is 5.80. The summed E-state index contributed by atoms with van der Waals surface area (Å²) in [5.41, 5.74) is 0.0602. The molecule has 0 aliphatic rings. The molecule has 2 N–H and O–H groups in total. The van der Waals surface area contributed by atoms with E-state index in [1.807, 2.05) is 30.3 Å². The summed E-state index contributed by atoms with van der Waals surface area (Å²) in [7, 11) is 0. The second-order valence-electron chi connectivity index (χ2n) is 5.80. The Morgan fingerprint density at radius 2 is 1.82 bits per heavy atom. The molecule has 1 aromatic heterocycles. The molecule has 5 nitrogen and oxygen atoms in total. The van der Waals surface area contributed by atoms with Gasteiger partial charge in [-0.25, -0.2) is 0 Å². The van der Waals surface area contributed by atoms with Gasteiger partial charge in [-0.3, -0.25) is 9.59 Å². The van der Waals surface area contributed by atoms with Gasteiger partial charge in [0.1, 0.15) is 5.76 Å². The van der Waals surface area contributed by atoms with Crippen molar-refractivity contribution in [3.8, 4) is 0 Å². The van der Waals surface area contributed by atoms with Crippen LogP contribution < -0.4 is 5.32 Å². The first kappa shape index (κ1) is 15.8. The standard InChI is InChI=1S/C17H19NO4/c1-17(2,16(20)21)10-13-8-9-14(22-13)15(19)18-11-12-6-4-3-5-7-12/h3-9H,10-11H2,1-2H3,(H,18,19)(H,20,21). The number of carbonyl (C=O) groups excluding carboxylic acids is 1. The minimum Gasteiger partial charge on any atom is -0.481 e. The van der Waals surface area contributed by atoms with Crippen LogP contribution in [0.25, 0.3) is 0 Å². The van der Waals surface area contributed by atoms with Crippen LogP contribution in [0.3, 0.4) is 0 Å². The second kappa shape index (κ2) is 6.47. The zero-order valence-corrected chi connectivity index (χ0v) is 12.6. The lowest BCUT2D eigenvalue weighted by atomic mass is 9.88. The zero-order valence-electron chi connectivity index (χ0n) is 12.6. The third-order valence-corrected chi connectivity index (χ3v) is 3.38. The van der Waals surface area contributed by atoms with Crippen molar-refractivity contribution in [1.29, 1.82) is 0 Å². The fourth-order valence-corrected chi connectivity index (χ4v) is 1.97. The van der Waals surface area contributed by atoms with Crippen LogP contribution in [-0.4, -0.2) is 17.0 Å². The predicted molar refractivity (Wildman–Crippen MR) is 81.4 cm³/mol. The highest BCUT2D eigenvalue weighted by atomic mass is 16.4. The van der Waals surface area contributed by atoms with Gasteiger partial charge in [-0.15, -0.1) is 0 Å². The van der Waals surface area contributed by atoms with Crippen molar-refractivity contribution >= 4 is 11.9 Å². The number of carboxylic acids is 1. The molecule has 1 amide bonds. The topological polar surface area (TPSA) is 79.5 Å². The monoisotopic (exact) mass is 301 g/mol. The molecule has 116 valence electrons. The molecule has 22 heavy (non-hydrogen) atoms. The van der Waals surface area contributed by atoms with Crippen molar-refractivity contribution < 1.29 is 19.1 Å². The molecular weight excluding hydrogens is 282 g/mol. The molecule has 5 heteroatoms. The number of benzene rings is 1. The number of hydrogen-bond donors (Lipinski definition) is 2. The van der Waals surface area contributed by atoms with Gasteiger partial charge in [0.15, 0.2) is 5.76 Å². The Labute approximate surface area is 129 Å². The number of furan rings is 1. The van der Waals surface area contributed by atoms with Crippen LogP contribution in [0.1, 0.15) is 35.7 Å². The first-order valence-electron chi connectivity index (χ1n) is 7.03. The van der Waals surface area contributed by atoms with Crippen molar-refractivity contribution in [2.45, 2.75) is 26.8 Å². The van der Waals surface area contributed by atoms with E-state index in [9.17, 15) is 9.59 Å². The van der Waals surface area contributed by atoms with Gasteiger partial charge in [-0.05, 0) is 31.5 Å². The average molecular weight is 301 g/mol. The van der Waals surface area contributed by atoms with Crippen LogP contribution in [0.15, 0.2) is 46.9 Å². The van der Waals surface area contributed by atoms with Gasteiger partial charge in [0, 0.05) is 13.0 Å². The van der Waals surface area contributed by atoms with E-state index in [0.717, 1.165) is 5.56 Å². The van der Waals surface area contributed by atoms with E-state index >= 15 is 0 Å². The molecule has 0 saturated carbocycles. The molecule has 2 rings (SSSR count). The van der Waals surface area contributed by atoms with Crippen LogP contribution in [0.2, 0.25) is 0 Å². The minimum atomic E-state index is -0.935. The fraction of sp³-hybridized carbons (Fsp3) is 0.294. The van der Waals surface area contributed by atoms with Crippen molar-refractivity contribution in [2.75, 3.05) is 0 Å². The van der Waals surface area contributed by atoms with Gasteiger partial charge in [-0.2, -0.15) is 0 Å².